The van der Waals surface area contributed by atoms with E-state index >= 15 is 0 Å². The molecule has 1 rings (SSSR count). The van der Waals surface area contributed by atoms with E-state index in [0.717, 1.165) is 0 Å². The lowest BCUT2D eigenvalue weighted by atomic mass is 10.0. The summed E-state index contributed by atoms with van der Waals surface area (Å²) in [6.45, 7) is 0.125. The molecule has 0 fully saturated rings. The van der Waals surface area contributed by atoms with Crippen LogP contribution in [0.5, 0.6) is 0 Å². The third-order valence-corrected chi connectivity index (χ3v) is 2.55. The summed E-state index contributed by atoms with van der Waals surface area (Å²) in [6.07, 6.45) is -1.90. The van der Waals surface area contributed by atoms with Gasteiger partial charge in [0.05, 0.1) is 6.10 Å². The number of thiocarbonyl (C=S) groups is 1. The van der Waals surface area contributed by atoms with Gasteiger partial charge in [0.1, 0.15) is 6.10 Å². The average Bonchev–Trinajstić information content (AvgIpc) is 2.37. The fraction of sp³-hybridized carbons (Fsp3) is 0.364. The number of anilines is 1. The second-order valence-corrected chi connectivity index (χ2v) is 4.31. The van der Waals surface area contributed by atoms with Gasteiger partial charge in [-0.1, -0.05) is 17.2 Å². The molecule has 0 aliphatic heterocycles. The van der Waals surface area contributed by atoms with Crippen LogP contribution in [0.15, 0.2) is 29.4 Å². The summed E-state index contributed by atoms with van der Waals surface area (Å²) in [5.41, 5.74) is 14.6. The minimum atomic E-state index is -1.07. The van der Waals surface area contributed by atoms with Crippen LogP contribution in [0, 0.1) is 0 Å². The van der Waals surface area contributed by atoms with Crippen molar-refractivity contribution < 1.29 is 10.2 Å². The van der Waals surface area contributed by atoms with Crippen LogP contribution in [0.25, 0.3) is 10.4 Å². The summed E-state index contributed by atoms with van der Waals surface area (Å²) in [7, 11) is 0. The first-order chi connectivity index (χ1) is 9.04. The fourth-order valence-electron chi connectivity index (χ4n) is 1.56. The molecular weight excluding hydrogens is 266 g/mol. The number of hydrogen-bond acceptors (Lipinski definition) is 4. The van der Waals surface area contributed by atoms with Crippen molar-refractivity contribution in [3.05, 3.63) is 40.3 Å². The maximum atomic E-state index is 9.97. The number of azide groups is 1. The molecule has 0 saturated heterocycles. The van der Waals surface area contributed by atoms with Crippen molar-refractivity contribution in [3.63, 3.8) is 0 Å². The van der Waals surface area contributed by atoms with E-state index in [1.54, 1.807) is 24.3 Å². The van der Waals surface area contributed by atoms with Crippen LogP contribution in [0.1, 0.15) is 18.1 Å². The zero-order valence-corrected chi connectivity index (χ0v) is 10.9. The molecular formula is C11H15N5O2S. The SMILES string of the molecule is [N-]=[N+]=NCCC(O)C(O)c1cccc(NC(N)=S)c1. The number of rotatable bonds is 6. The Kier molecular flexibility index (Phi) is 6.04. The summed E-state index contributed by atoms with van der Waals surface area (Å²) >= 11 is 4.72. The first-order valence-electron chi connectivity index (χ1n) is 5.58. The van der Waals surface area contributed by atoms with Gasteiger partial charge in [-0.3, -0.25) is 0 Å². The molecule has 8 heteroatoms. The highest BCUT2D eigenvalue weighted by Gasteiger charge is 2.17. The number of aliphatic hydroxyl groups excluding tert-OH is 2. The molecule has 0 saturated carbocycles. The lowest BCUT2D eigenvalue weighted by Gasteiger charge is -2.18. The summed E-state index contributed by atoms with van der Waals surface area (Å²) in [5.74, 6) is 0. The molecule has 0 bridgehead atoms. The highest BCUT2D eigenvalue weighted by atomic mass is 32.1. The fourth-order valence-corrected chi connectivity index (χ4v) is 1.68. The minimum Gasteiger partial charge on any atom is -0.390 e. The van der Waals surface area contributed by atoms with Crippen molar-refractivity contribution in [2.45, 2.75) is 18.6 Å². The van der Waals surface area contributed by atoms with E-state index in [-0.39, 0.29) is 18.1 Å². The van der Waals surface area contributed by atoms with E-state index in [0.29, 0.717) is 11.3 Å². The van der Waals surface area contributed by atoms with Crippen LogP contribution in [-0.4, -0.2) is 28.0 Å². The second kappa shape index (κ2) is 7.55. The Hall–Kier alpha value is -1.86. The third-order valence-electron chi connectivity index (χ3n) is 2.45. The Morgan fingerprint density at radius 2 is 2.26 bits per heavy atom. The Bertz CT molecular complexity index is 490. The van der Waals surface area contributed by atoms with E-state index < -0.39 is 12.2 Å². The first kappa shape index (κ1) is 15.2. The summed E-state index contributed by atoms with van der Waals surface area (Å²) in [5, 5.41) is 25.9. The van der Waals surface area contributed by atoms with Gasteiger partial charge in [0.15, 0.2) is 5.11 Å². The maximum absolute atomic E-state index is 9.97. The van der Waals surface area contributed by atoms with Crippen LogP contribution in [0.4, 0.5) is 5.69 Å². The molecule has 5 N–H and O–H groups in total. The first-order valence-corrected chi connectivity index (χ1v) is 5.99. The molecule has 2 unspecified atom stereocenters. The second-order valence-electron chi connectivity index (χ2n) is 3.87. The molecule has 7 nitrogen and oxygen atoms in total. The summed E-state index contributed by atoms with van der Waals surface area (Å²) in [6, 6.07) is 6.76. The molecule has 1 aromatic carbocycles. The highest BCUT2D eigenvalue weighted by molar-refractivity contribution is 7.80. The van der Waals surface area contributed by atoms with Crippen molar-refractivity contribution in [3.8, 4) is 0 Å². The van der Waals surface area contributed by atoms with Crippen LogP contribution < -0.4 is 11.1 Å². The lowest BCUT2D eigenvalue weighted by molar-refractivity contribution is 0.0151. The molecule has 19 heavy (non-hydrogen) atoms. The quantitative estimate of drug-likeness (QED) is 0.271. The van der Waals surface area contributed by atoms with E-state index in [1.807, 2.05) is 0 Å². The van der Waals surface area contributed by atoms with Crippen molar-refractivity contribution in [1.29, 1.82) is 0 Å². The van der Waals surface area contributed by atoms with Gasteiger partial charge in [-0.05, 0) is 41.9 Å². The lowest BCUT2D eigenvalue weighted by Crippen LogP contribution is -2.21. The normalized spacial score (nSPS) is 13.2. The predicted octanol–water partition coefficient (Wildman–Crippen LogP) is 1.44. The van der Waals surface area contributed by atoms with Gasteiger partial charge in [0.2, 0.25) is 0 Å². The average molecular weight is 281 g/mol. The third kappa shape index (κ3) is 5.11. The van der Waals surface area contributed by atoms with Crippen molar-refractivity contribution in [2.75, 3.05) is 11.9 Å². The molecule has 0 spiro atoms. The number of nitrogens with two attached hydrogens (primary N) is 1. The topological polar surface area (TPSA) is 127 Å². The molecule has 1 aromatic rings. The Morgan fingerprint density at radius 3 is 2.89 bits per heavy atom. The van der Waals surface area contributed by atoms with E-state index in [1.165, 1.54) is 0 Å². The molecule has 102 valence electrons. The molecule has 0 radical (unpaired) electrons. The number of hydrogen-bond donors (Lipinski definition) is 4. The number of nitrogens with one attached hydrogen (secondary N) is 1. The van der Waals surface area contributed by atoms with E-state index in [2.05, 4.69) is 15.3 Å². The summed E-state index contributed by atoms with van der Waals surface area (Å²) in [4.78, 5) is 2.58. The van der Waals surface area contributed by atoms with Crippen LogP contribution in [0.2, 0.25) is 0 Å². The zero-order chi connectivity index (χ0) is 14.3. The van der Waals surface area contributed by atoms with Gasteiger partial charge in [-0.15, -0.1) is 0 Å². The maximum Gasteiger partial charge on any atom is 0.168 e. The molecule has 0 aromatic heterocycles. The molecule has 0 heterocycles. The standard InChI is InChI=1S/C11H15N5O2S/c12-11(19)15-8-3-1-2-7(6-8)10(18)9(17)4-5-14-16-13/h1-3,6,9-10,17-18H,4-5H2,(H3,12,15,19). The van der Waals surface area contributed by atoms with Gasteiger partial charge in [-0.2, -0.15) is 0 Å². The van der Waals surface area contributed by atoms with E-state index in [9.17, 15) is 10.2 Å². The van der Waals surface area contributed by atoms with Crippen molar-refractivity contribution >= 4 is 23.0 Å². The molecule has 2 atom stereocenters. The monoisotopic (exact) mass is 281 g/mol. The number of benzene rings is 1. The van der Waals surface area contributed by atoms with Gasteiger partial charge < -0.3 is 21.3 Å². The zero-order valence-electron chi connectivity index (χ0n) is 10.1. The number of nitrogens with zero attached hydrogens (tertiary/aromatic N) is 3. The largest absolute Gasteiger partial charge is 0.390 e. The van der Waals surface area contributed by atoms with Gasteiger partial charge in [-0.25, -0.2) is 0 Å². The van der Waals surface area contributed by atoms with Crippen LogP contribution in [-0.2, 0) is 0 Å². The smallest absolute Gasteiger partial charge is 0.168 e. The van der Waals surface area contributed by atoms with Gasteiger partial charge >= 0.3 is 0 Å². The van der Waals surface area contributed by atoms with Gasteiger partial charge in [0, 0.05) is 17.1 Å². The van der Waals surface area contributed by atoms with Crippen molar-refractivity contribution in [1.82, 2.24) is 0 Å². The summed E-state index contributed by atoms with van der Waals surface area (Å²) < 4.78 is 0. The highest BCUT2D eigenvalue weighted by Crippen LogP contribution is 2.22. The van der Waals surface area contributed by atoms with Gasteiger partial charge in [0.25, 0.3) is 0 Å². The van der Waals surface area contributed by atoms with E-state index in [4.69, 9.17) is 23.5 Å². The minimum absolute atomic E-state index is 0.121. The Morgan fingerprint density at radius 1 is 1.53 bits per heavy atom. The predicted molar refractivity (Wildman–Crippen MR) is 76.4 cm³/mol. The van der Waals surface area contributed by atoms with Crippen LogP contribution >= 0.6 is 12.2 Å². The van der Waals surface area contributed by atoms with Crippen molar-refractivity contribution in [2.24, 2.45) is 10.8 Å². The molecule has 0 amide bonds. The van der Waals surface area contributed by atoms with Crippen LogP contribution in [0.3, 0.4) is 0 Å². The molecule has 0 aliphatic rings. The Balaban J connectivity index is 2.72. The molecule has 0 aliphatic carbocycles. The number of aliphatic hydroxyl groups is 2. The Labute approximate surface area is 115 Å².